The summed E-state index contributed by atoms with van der Waals surface area (Å²) in [6.07, 6.45) is 1.66. The third kappa shape index (κ3) is 5.49. The summed E-state index contributed by atoms with van der Waals surface area (Å²) < 4.78 is 24.6. The number of benzene rings is 2. The van der Waals surface area contributed by atoms with Crippen molar-refractivity contribution in [1.82, 2.24) is 10.3 Å². The normalized spacial score (nSPS) is 20.2. The lowest BCUT2D eigenvalue weighted by molar-refractivity contribution is 0.00578. The predicted molar refractivity (Wildman–Crippen MR) is 159 cm³/mol. The molecule has 0 spiro atoms. The number of imide groups is 1. The SMILES string of the molecule is CC1(C)OB(c2ccc(C(=O)NC(=O)c3ccc(B4OC(C)(C)C(C)(C)O4)cc3-c3ccccn3)cc2)OC1(C)C. The number of carbonyl (C=O) groups excluding carboxylic acids is 2. The number of aromatic nitrogens is 1. The zero-order valence-corrected chi connectivity index (χ0v) is 24.9. The molecule has 2 amide bonds. The molecular formula is C31H36B2N2O6. The molecule has 2 aliphatic rings. The first-order valence-corrected chi connectivity index (χ1v) is 13.8. The molecule has 0 atom stereocenters. The van der Waals surface area contributed by atoms with Crippen LogP contribution < -0.4 is 16.2 Å². The molecule has 2 aliphatic heterocycles. The van der Waals surface area contributed by atoms with E-state index in [2.05, 4.69) is 10.3 Å². The lowest BCUT2D eigenvalue weighted by Crippen LogP contribution is -2.41. The van der Waals surface area contributed by atoms with Crippen LogP contribution in [0.25, 0.3) is 11.3 Å². The number of nitrogens with zero attached hydrogens (tertiary/aromatic N) is 1. The molecule has 1 N–H and O–H groups in total. The van der Waals surface area contributed by atoms with Gasteiger partial charge >= 0.3 is 14.2 Å². The maximum Gasteiger partial charge on any atom is 0.494 e. The van der Waals surface area contributed by atoms with Crippen molar-refractivity contribution in [3.05, 3.63) is 78.0 Å². The summed E-state index contributed by atoms with van der Waals surface area (Å²) in [5, 5.41) is 2.52. The van der Waals surface area contributed by atoms with Crippen molar-refractivity contribution >= 4 is 37.0 Å². The highest BCUT2D eigenvalue weighted by molar-refractivity contribution is 6.62. The fourth-order valence-corrected chi connectivity index (χ4v) is 4.63. The Kier molecular flexibility index (Phi) is 7.27. The zero-order valence-electron chi connectivity index (χ0n) is 24.9. The van der Waals surface area contributed by atoms with Gasteiger partial charge in [-0.2, -0.15) is 0 Å². The Balaban J connectivity index is 1.36. The number of carbonyl (C=O) groups is 2. The highest BCUT2D eigenvalue weighted by Crippen LogP contribution is 2.37. The van der Waals surface area contributed by atoms with Gasteiger partial charge in [0, 0.05) is 22.9 Å². The quantitative estimate of drug-likeness (QED) is 0.378. The van der Waals surface area contributed by atoms with Crippen molar-refractivity contribution < 1.29 is 28.2 Å². The number of hydrogen-bond acceptors (Lipinski definition) is 7. The summed E-state index contributed by atoms with van der Waals surface area (Å²) in [6, 6.07) is 17.6. The van der Waals surface area contributed by atoms with Crippen LogP contribution in [0, 0.1) is 0 Å². The fourth-order valence-electron chi connectivity index (χ4n) is 4.63. The molecule has 5 rings (SSSR count). The highest BCUT2D eigenvalue weighted by Gasteiger charge is 2.52. The Hall–Kier alpha value is -3.30. The summed E-state index contributed by atoms with van der Waals surface area (Å²) >= 11 is 0. The lowest BCUT2D eigenvalue weighted by Gasteiger charge is -2.32. The molecule has 0 unspecified atom stereocenters. The van der Waals surface area contributed by atoms with Gasteiger partial charge in [0.05, 0.1) is 28.1 Å². The van der Waals surface area contributed by atoms with E-state index in [1.165, 1.54) is 0 Å². The van der Waals surface area contributed by atoms with Crippen molar-refractivity contribution in [1.29, 1.82) is 0 Å². The molecule has 212 valence electrons. The Morgan fingerprint density at radius 3 is 1.68 bits per heavy atom. The summed E-state index contributed by atoms with van der Waals surface area (Å²) in [6.45, 7) is 15.9. The number of pyridine rings is 1. The average Bonchev–Trinajstić information content (AvgIpc) is 3.28. The van der Waals surface area contributed by atoms with E-state index in [1.807, 2.05) is 73.6 Å². The van der Waals surface area contributed by atoms with Crippen LogP contribution in [0.4, 0.5) is 0 Å². The van der Waals surface area contributed by atoms with E-state index >= 15 is 0 Å². The molecule has 3 aromatic rings. The molecule has 10 heteroatoms. The van der Waals surface area contributed by atoms with E-state index in [0.717, 1.165) is 10.9 Å². The highest BCUT2D eigenvalue weighted by atomic mass is 16.7. The van der Waals surface area contributed by atoms with Gasteiger partial charge in [-0.05, 0) is 96.6 Å². The van der Waals surface area contributed by atoms with E-state index < -0.39 is 48.5 Å². The molecule has 41 heavy (non-hydrogen) atoms. The van der Waals surface area contributed by atoms with E-state index in [-0.39, 0.29) is 0 Å². The van der Waals surface area contributed by atoms with Gasteiger partial charge < -0.3 is 18.6 Å². The third-order valence-electron chi connectivity index (χ3n) is 8.68. The molecule has 0 aliphatic carbocycles. The van der Waals surface area contributed by atoms with Gasteiger partial charge in [-0.1, -0.05) is 30.3 Å². The van der Waals surface area contributed by atoms with Crippen LogP contribution in [0.3, 0.4) is 0 Å². The second-order valence-corrected chi connectivity index (χ2v) is 12.6. The zero-order chi connectivity index (χ0) is 29.8. The first-order chi connectivity index (χ1) is 19.1. The van der Waals surface area contributed by atoms with Crippen molar-refractivity contribution in [2.24, 2.45) is 0 Å². The smallest absolute Gasteiger partial charge is 0.399 e. The summed E-state index contributed by atoms with van der Waals surface area (Å²) in [5.74, 6) is -1.05. The average molecular weight is 554 g/mol. The van der Waals surface area contributed by atoms with Crippen molar-refractivity contribution in [2.45, 2.75) is 77.8 Å². The number of hydrogen-bond donors (Lipinski definition) is 1. The number of amides is 2. The third-order valence-corrected chi connectivity index (χ3v) is 8.68. The second-order valence-electron chi connectivity index (χ2n) is 12.6. The fraction of sp³-hybridized carbons (Fsp3) is 0.387. The molecule has 0 bridgehead atoms. The Labute approximate surface area is 242 Å². The van der Waals surface area contributed by atoms with Crippen LogP contribution in [-0.2, 0) is 18.6 Å². The van der Waals surface area contributed by atoms with Crippen LogP contribution in [0.2, 0.25) is 0 Å². The molecular weight excluding hydrogens is 518 g/mol. The molecule has 3 heterocycles. The van der Waals surface area contributed by atoms with Crippen molar-refractivity contribution in [3.8, 4) is 11.3 Å². The number of rotatable bonds is 5. The van der Waals surface area contributed by atoms with Crippen LogP contribution in [0.1, 0.15) is 76.1 Å². The first kappa shape index (κ1) is 29.2. The maximum atomic E-state index is 13.4. The largest absolute Gasteiger partial charge is 0.494 e. The minimum atomic E-state index is -0.608. The van der Waals surface area contributed by atoms with Gasteiger partial charge in [0.1, 0.15) is 0 Å². The molecule has 0 saturated carbocycles. The molecule has 8 nitrogen and oxygen atoms in total. The van der Waals surface area contributed by atoms with Gasteiger partial charge in [0.15, 0.2) is 0 Å². The van der Waals surface area contributed by atoms with Gasteiger partial charge in [-0.15, -0.1) is 0 Å². The topological polar surface area (TPSA) is 96.0 Å². The van der Waals surface area contributed by atoms with Crippen LogP contribution >= 0.6 is 0 Å². The predicted octanol–water partition coefficient (Wildman–Crippen LogP) is 3.92. The standard InChI is InChI=1S/C31H36B2N2O6/c1-28(2)29(3,4)39-32(38-28)21-14-12-20(13-15-21)26(36)35-27(37)23-17-16-22(19-24(23)25-11-9-10-18-34-25)33-40-30(5,6)31(7,8)41-33/h9-19H,1-8H3,(H,35,36,37). The molecule has 2 saturated heterocycles. The summed E-state index contributed by atoms with van der Waals surface area (Å²) in [7, 11) is -1.15. The van der Waals surface area contributed by atoms with Crippen molar-refractivity contribution in [2.75, 3.05) is 0 Å². The molecule has 1 aromatic heterocycles. The van der Waals surface area contributed by atoms with E-state index in [4.69, 9.17) is 18.6 Å². The monoisotopic (exact) mass is 554 g/mol. The molecule has 0 radical (unpaired) electrons. The van der Waals surface area contributed by atoms with Gasteiger partial charge in [-0.25, -0.2) is 0 Å². The second kappa shape index (κ2) is 10.2. The minimum Gasteiger partial charge on any atom is -0.399 e. The van der Waals surface area contributed by atoms with Crippen molar-refractivity contribution in [3.63, 3.8) is 0 Å². The minimum absolute atomic E-state index is 0.311. The molecule has 2 aromatic carbocycles. The Morgan fingerprint density at radius 1 is 0.659 bits per heavy atom. The summed E-state index contributed by atoms with van der Waals surface area (Å²) in [5.41, 5.74) is 1.40. The van der Waals surface area contributed by atoms with Gasteiger partial charge in [-0.3, -0.25) is 19.9 Å². The maximum absolute atomic E-state index is 13.4. The summed E-state index contributed by atoms with van der Waals surface area (Å²) in [4.78, 5) is 31.0. The van der Waals surface area contributed by atoms with Crippen LogP contribution in [0.5, 0.6) is 0 Å². The number of nitrogens with one attached hydrogen (secondary N) is 1. The lowest BCUT2D eigenvalue weighted by atomic mass is 9.77. The first-order valence-electron chi connectivity index (χ1n) is 13.8. The van der Waals surface area contributed by atoms with Crippen LogP contribution in [0.15, 0.2) is 66.9 Å². The van der Waals surface area contributed by atoms with Gasteiger partial charge in [0.2, 0.25) is 0 Å². The van der Waals surface area contributed by atoms with Gasteiger partial charge in [0.25, 0.3) is 11.8 Å². The van der Waals surface area contributed by atoms with E-state index in [1.54, 1.807) is 48.7 Å². The van der Waals surface area contributed by atoms with Crippen LogP contribution in [-0.4, -0.2) is 53.4 Å². The Bertz CT molecular complexity index is 1440. The van der Waals surface area contributed by atoms with E-state index in [9.17, 15) is 9.59 Å². The van der Waals surface area contributed by atoms with E-state index in [0.29, 0.717) is 22.4 Å². The molecule has 2 fully saturated rings. The Morgan fingerprint density at radius 2 is 1.17 bits per heavy atom.